The monoisotopic (exact) mass is 359 g/mol. The summed E-state index contributed by atoms with van der Waals surface area (Å²) in [7, 11) is 1.68. The van der Waals surface area contributed by atoms with Crippen molar-refractivity contribution in [3.8, 4) is 0 Å². The maximum Gasteiger partial charge on any atom is 0.137 e. The molecular formula is C15H13BrClF2N. The van der Waals surface area contributed by atoms with E-state index in [1.807, 2.05) is 19.1 Å². The zero-order valence-electron chi connectivity index (χ0n) is 11.0. The Hall–Kier alpha value is -0.970. The second kappa shape index (κ2) is 6.20. The Kier molecular flexibility index (Phi) is 4.78. The van der Waals surface area contributed by atoms with Crippen LogP contribution in [0.1, 0.15) is 22.7 Å². The maximum atomic E-state index is 14.1. The Labute approximate surface area is 130 Å². The predicted octanol–water partition coefficient (Wildman–Crippen LogP) is 5.00. The van der Waals surface area contributed by atoms with Gasteiger partial charge in [-0.1, -0.05) is 23.7 Å². The highest BCUT2D eigenvalue weighted by molar-refractivity contribution is 9.10. The molecule has 0 aliphatic rings. The second-order valence-electron chi connectivity index (χ2n) is 4.53. The quantitative estimate of drug-likeness (QED) is 0.760. The first kappa shape index (κ1) is 15.4. The molecule has 0 aliphatic carbocycles. The highest BCUT2D eigenvalue weighted by atomic mass is 79.9. The lowest BCUT2D eigenvalue weighted by Gasteiger charge is -2.20. The van der Waals surface area contributed by atoms with E-state index in [2.05, 4.69) is 21.2 Å². The number of rotatable bonds is 3. The second-order valence-corrected chi connectivity index (χ2v) is 5.80. The normalized spacial score (nSPS) is 12.5. The van der Waals surface area contributed by atoms with Gasteiger partial charge in [-0.05, 0) is 59.2 Å². The Morgan fingerprint density at radius 3 is 2.40 bits per heavy atom. The molecule has 0 heterocycles. The molecule has 0 aromatic heterocycles. The first-order valence-electron chi connectivity index (χ1n) is 6.01. The highest BCUT2D eigenvalue weighted by Gasteiger charge is 2.20. The number of halogens is 4. The first-order valence-corrected chi connectivity index (χ1v) is 7.19. The van der Waals surface area contributed by atoms with E-state index in [0.29, 0.717) is 10.6 Å². The van der Waals surface area contributed by atoms with Crippen LogP contribution in [0.2, 0.25) is 5.02 Å². The van der Waals surface area contributed by atoms with Crippen LogP contribution in [-0.4, -0.2) is 7.05 Å². The van der Waals surface area contributed by atoms with Crippen molar-refractivity contribution in [3.05, 3.63) is 68.2 Å². The lowest BCUT2D eigenvalue weighted by molar-refractivity contribution is 0.555. The molecule has 1 N–H and O–H groups in total. The van der Waals surface area contributed by atoms with Gasteiger partial charge in [-0.2, -0.15) is 0 Å². The third-order valence-electron chi connectivity index (χ3n) is 3.11. The Morgan fingerprint density at radius 1 is 1.10 bits per heavy atom. The van der Waals surface area contributed by atoms with Gasteiger partial charge in [-0.15, -0.1) is 0 Å². The standard InChI is InChI=1S/C15H13BrClF2N/c1-8-3-4-9(12(17)5-8)15(20-2)10-6-14(19)11(16)7-13(10)18/h3-7,15,20H,1-2H3. The van der Waals surface area contributed by atoms with Gasteiger partial charge in [0, 0.05) is 10.6 Å². The topological polar surface area (TPSA) is 12.0 Å². The number of benzene rings is 2. The van der Waals surface area contributed by atoms with E-state index >= 15 is 0 Å². The summed E-state index contributed by atoms with van der Waals surface area (Å²) in [6.45, 7) is 1.92. The minimum absolute atomic E-state index is 0.101. The van der Waals surface area contributed by atoms with Gasteiger partial charge in [0.1, 0.15) is 11.6 Å². The molecule has 5 heteroatoms. The minimum atomic E-state index is -0.509. The molecule has 1 nitrogen and oxygen atoms in total. The van der Waals surface area contributed by atoms with Gasteiger partial charge in [-0.3, -0.25) is 0 Å². The van der Waals surface area contributed by atoms with E-state index in [9.17, 15) is 8.78 Å². The molecule has 20 heavy (non-hydrogen) atoms. The molecule has 0 fully saturated rings. The van der Waals surface area contributed by atoms with Gasteiger partial charge in [-0.25, -0.2) is 8.78 Å². The molecule has 2 aromatic rings. The zero-order chi connectivity index (χ0) is 14.9. The van der Waals surface area contributed by atoms with Gasteiger partial charge in [0.25, 0.3) is 0 Å². The minimum Gasteiger partial charge on any atom is -0.309 e. The van der Waals surface area contributed by atoms with Gasteiger partial charge in [0.15, 0.2) is 0 Å². The smallest absolute Gasteiger partial charge is 0.137 e. The van der Waals surface area contributed by atoms with Crippen LogP contribution in [0.5, 0.6) is 0 Å². The number of nitrogens with one attached hydrogen (secondary N) is 1. The molecular weight excluding hydrogens is 348 g/mol. The van der Waals surface area contributed by atoms with Crippen LogP contribution in [0, 0.1) is 18.6 Å². The van der Waals surface area contributed by atoms with Gasteiger partial charge in [0.05, 0.1) is 10.5 Å². The van der Waals surface area contributed by atoms with Crippen molar-refractivity contribution in [2.45, 2.75) is 13.0 Å². The average Bonchev–Trinajstić information content (AvgIpc) is 2.38. The first-order chi connectivity index (χ1) is 9.43. The summed E-state index contributed by atoms with van der Waals surface area (Å²) in [4.78, 5) is 0. The maximum absolute atomic E-state index is 14.1. The average molecular weight is 361 g/mol. The van der Waals surface area contributed by atoms with Crippen molar-refractivity contribution in [2.24, 2.45) is 0 Å². The number of aryl methyl sites for hydroxylation is 1. The third-order valence-corrected chi connectivity index (χ3v) is 4.04. The van der Waals surface area contributed by atoms with Crippen LogP contribution < -0.4 is 5.32 Å². The summed E-state index contributed by atoms with van der Waals surface area (Å²) in [6, 6.07) is 7.30. The largest absolute Gasteiger partial charge is 0.309 e. The lowest BCUT2D eigenvalue weighted by Crippen LogP contribution is -2.19. The molecule has 0 saturated carbocycles. The summed E-state index contributed by atoms with van der Waals surface area (Å²) < 4.78 is 27.8. The Morgan fingerprint density at radius 2 is 1.80 bits per heavy atom. The van der Waals surface area contributed by atoms with Crippen LogP contribution in [0.4, 0.5) is 8.78 Å². The Balaban J connectivity index is 2.55. The van der Waals surface area contributed by atoms with E-state index in [0.717, 1.165) is 11.6 Å². The molecule has 2 aromatic carbocycles. The van der Waals surface area contributed by atoms with E-state index in [-0.39, 0.29) is 10.0 Å². The SMILES string of the molecule is CNC(c1cc(F)c(Br)cc1F)c1ccc(C)cc1Cl. The van der Waals surface area contributed by atoms with Crippen LogP contribution in [-0.2, 0) is 0 Å². The summed E-state index contributed by atoms with van der Waals surface area (Å²) in [6.07, 6.45) is 0. The molecule has 0 radical (unpaired) electrons. The lowest BCUT2D eigenvalue weighted by atomic mass is 9.97. The molecule has 2 rings (SSSR count). The molecule has 0 aliphatic heterocycles. The molecule has 106 valence electrons. The molecule has 1 unspecified atom stereocenters. The van der Waals surface area contributed by atoms with Gasteiger partial charge in [0.2, 0.25) is 0 Å². The van der Waals surface area contributed by atoms with Crippen molar-refractivity contribution in [2.75, 3.05) is 7.05 Å². The van der Waals surface area contributed by atoms with Crippen LogP contribution in [0.15, 0.2) is 34.8 Å². The van der Waals surface area contributed by atoms with E-state index in [1.54, 1.807) is 13.1 Å². The number of hydrogen-bond acceptors (Lipinski definition) is 1. The molecule has 0 saturated heterocycles. The van der Waals surface area contributed by atoms with E-state index in [1.165, 1.54) is 6.07 Å². The third kappa shape index (κ3) is 3.03. The van der Waals surface area contributed by atoms with Crippen molar-refractivity contribution >= 4 is 27.5 Å². The Bertz CT molecular complexity index is 646. The van der Waals surface area contributed by atoms with Gasteiger partial charge >= 0.3 is 0 Å². The number of hydrogen-bond donors (Lipinski definition) is 1. The van der Waals surface area contributed by atoms with E-state index < -0.39 is 17.7 Å². The molecule has 1 atom stereocenters. The fraction of sp³-hybridized carbons (Fsp3) is 0.200. The van der Waals surface area contributed by atoms with Crippen LogP contribution in [0.25, 0.3) is 0 Å². The molecule has 0 bridgehead atoms. The van der Waals surface area contributed by atoms with Gasteiger partial charge < -0.3 is 5.32 Å². The van der Waals surface area contributed by atoms with Crippen molar-refractivity contribution in [1.82, 2.24) is 5.32 Å². The highest BCUT2D eigenvalue weighted by Crippen LogP contribution is 2.32. The molecule has 0 spiro atoms. The van der Waals surface area contributed by atoms with Crippen LogP contribution in [0.3, 0.4) is 0 Å². The molecule has 0 amide bonds. The zero-order valence-corrected chi connectivity index (χ0v) is 13.3. The van der Waals surface area contributed by atoms with Crippen molar-refractivity contribution in [1.29, 1.82) is 0 Å². The van der Waals surface area contributed by atoms with Crippen molar-refractivity contribution < 1.29 is 8.78 Å². The summed E-state index contributed by atoms with van der Waals surface area (Å²) in [5.74, 6) is -1.00. The van der Waals surface area contributed by atoms with E-state index in [4.69, 9.17) is 11.6 Å². The van der Waals surface area contributed by atoms with Crippen LogP contribution >= 0.6 is 27.5 Å². The predicted molar refractivity (Wildman–Crippen MR) is 81.1 cm³/mol. The van der Waals surface area contributed by atoms with Crippen molar-refractivity contribution in [3.63, 3.8) is 0 Å². The fourth-order valence-corrected chi connectivity index (χ4v) is 2.76. The summed E-state index contributed by atoms with van der Waals surface area (Å²) >= 11 is 9.18. The fourth-order valence-electron chi connectivity index (χ4n) is 2.10. The summed E-state index contributed by atoms with van der Waals surface area (Å²) in [5, 5.41) is 3.50. The summed E-state index contributed by atoms with van der Waals surface area (Å²) in [5.41, 5.74) is 1.94.